The highest BCUT2D eigenvalue weighted by Crippen LogP contribution is 2.20. The predicted octanol–water partition coefficient (Wildman–Crippen LogP) is 3.95. The molecule has 0 bridgehead atoms. The topological polar surface area (TPSA) is 72.0 Å². The Bertz CT molecular complexity index is 1180. The van der Waals surface area contributed by atoms with Gasteiger partial charge in [-0.1, -0.05) is 29.8 Å². The summed E-state index contributed by atoms with van der Waals surface area (Å²) < 4.78 is 24.9. The minimum Gasteiger partial charge on any atom is -0.497 e. The van der Waals surface area contributed by atoms with E-state index in [1.54, 1.807) is 24.4 Å². The van der Waals surface area contributed by atoms with E-state index in [0.29, 0.717) is 13.1 Å². The van der Waals surface area contributed by atoms with Crippen molar-refractivity contribution in [3.8, 4) is 5.75 Å². The molecule has 4 rings (SSSR count). The van der Waals surface area contributed by atoms with Gasteiger partial charge in [0.2, 0.25) is 5.91 Å². The molecule has 7 nitrogen and oxygen atoms in total. The van der Waals surface area contributed by atoms with Crippen LogP contribution in [0.25, 0.3) is 0 Å². The van der Waals surface area contributed by atoms with Crippen LogP contribution in [-0.2, 0) is 22.7 Å². The highest BCUT2D eigenvalue weighted by Gasteiger charge is 2.31. The third-order valence-corrected chi connectivity index (χ3v) is 6.01. The average Bonchev–Trinajstić information content (AvgIpc) is 3.03. The van der Waals surface area contributed by atoms with Gasteiger partial charge >= 0.3 is 0 Å². The van der Waals surface area contributed by atoms with Gasteiger partial charge in [0, 0.05) is 37.6 Å². The number of amides is 2. The van der Waals surface area contributed by atoms with Crippen LogP contribution >= 0.6 is 11.6 Å². The molecule has 0 aliphatic carbocycles. The number of pyridine rings is 1. The summed E-state index contributed by atoms with van der Waals surface area (Å²) in [6, 6.07) is 14.9. The summed E-state index contributed by atoms with van der Waals surface area (Å²) in [5.41, 5.74) is 2.02. The van der Waals surface area contributed by atoms with Crippen LogP contribution in [0.15, 0.2) is 67.0 Å². The molecule has 2 aromatic carbocycles. The van der Waals surface area contributed by atoms with E-state index in [2.05, 4.69) is 4.98 Å². The monoisotopic (exact) mass is 497 g/mol. The zero-order valence-electron chi connectivity index (χ0n) is 19.2. The summed E-state index contributed by atoms with van der Waals surface area (Å²) in [5.74, 6) is -0.516. The minimum atomic E-state index is -0.612. The van der Waals surface area contributed by atoms with Crippen molar-refractivity contribution in [1.82, 2.24) is 14.8 Å². The van der Waals surface area contributed by atoms with E-state index in [4.69, 9.17) is 21.1 Å². The van der Waals surface area contributed by atoms with Crippen molar-refractivity contribution in [3.63, 3.8) is 0 Å². The van der Waals surface area contributed by atoms with Gasteiger partial charge in [0.1, 0.15) is 18.1 Å². The Kier molecular flexibility index (Phi) is 7.94. The highest BCUT2D eigenvalue weighted by molar-refractivity contribution is 6.31. The number of nitrogens with zero attached hydrogens (tertiary/aromatic N) is 3. The van der Waals surface area contributed by atoms with Crippen molar-refractivity contribution in [2.75, 3.05) is 26.7 Å². The van der Waals surface area contributed by atoms with E-state index in [0.717, 1.165) is 22.9 Å². The molecule has 0 saturated carbocycles. The lowest BCUT2D eigenvalue weighted by molar-refractivity contribution is -0.132. The van der Waals surface area contributed by atoms with Crippen LogP contribution in [0, 0.1) is 5.82 Å². The molecule has 35 heavy (non-hydrogen) atoms. The van der Waals surface area contributed by atoms with E-state index >= 15 is 0 Å². The van der Waals surface area contributed by atoms with Gasteiger partial charge in [-0.15, -0.1) is 0 Å². The number of halogens is 2. The van der Waals surface area contributed by atoms with Crippen molar-refractivity contribution in [2.24, 2.45) is 0 Å². The lowest BCUT2D eigenvalue weighted by atomic mass is 10.2. The number of carbonyl (C=O) groups is 2. The molecule has 9 heteroatoms. The van der Waals surface area contributed by atoms with Crippen LogP contribution in [0.3, 0.4) is 0 Å². The molecular weight excluding hydrogens is 473 g/mol. The zero-order chi connectivity index (χ0) is 24.8. The second kappa shape index (κ2) is 11.3. The fraction of sp³-hybridized carbons (Fsp3) is 0.269. The number of hydrogen-bond acceptors (Lipinski definition) is 5. The van der Waals surface area contributed by atoms with E-state index in [1.807, 2.05) is 36.4 Å². The maximum Gasteiger partial charge on any atom is 0.254 e. The lowest BCUT2D eigenvalue weighted by Crippen LogP contribution is -2.39. The number of rotatable bonds is 7. The highest BCUT2D eigenvalue weighted by atomic mass is 35.5. The van der Waals surface area contributed by atoms with Gasteiger partial charge in [-0.25, -0.2) is 4.39 Å². The van der Waals surface area contributed by atoms with Gasteiger partial charge in [0.15, 0.2) is 0 Å². The zero-order valence-corrected chi connectivity index (χ0v) is 20.0. The standard InChI is InChI=1S/C26H25ClFN3O4/c1-34-21-7-4-18(5-8-21)13-30-14-22(35-17-19-3-2-10-29-12-19)15-31(16-25(30)32)26(33)20-6-9-24(28)23(27)11-20/h2-12,22H,13-17H2,1H3/t22-/m0/s1. The normalized spacial score (nSPS) is 16.2. The largest absolute Gasteiger partial charge is 0.497 e. The fourth-order valence-electron chi connectivity index (χ4n) is 3.85. The Morgan fingerprint density at radius 2 is 1.94 bits per heavy atom. The van der Waals surface area contributed by atoms with Crippen molar-refractivity contribution >= 4 is 23.4 Å². The average molecular weight is 498 g/mol. The number of carbonyl (C=O) groups excluding carboxylic acids is 2. The molecule has 182 valence electrons. The maximum absolute atomic E-state index is 13.6. The summed E-state index contributed by atoms with van der Waals surface area (Å²) in [6.07, 6.45) is 2.94. The first-order valence-electron chi connectivity index (χ1n) is 11.1. The summed E-state index contributed by atoms with van der Waals surface area (Å²) in [5, 5.41) is -0.150. The summed E-state index contributed by atoms with van der Waals surface area (Å²) in [4.78, 5) is 33.6. The van der Waals surface area contributed by atoms with Crippen LogP contribution in [0.5, 0.6) is 5.75 Å². The molecule has 0 unspecified atom stereocenters. The van der Waals surface area contributed by atoms with Gasteiger partial charge in [0.05, 0.1) is 24.8 Å². The Morgan fingerprint density at radius 3 is 2.63 bits per heavy atom. The van der Waals surface area contributed by atoms with Crippen molar-refractivity contribution in [2.45, 2.75) is 19.3 Å². The second-order valence-electron chi connectivity index (χ2n) is 8.23. The molecule has 1 aliphatic rings. The third-order valence-electron chi connectivity index (χ3n) is 5.72. The van der Waals surface area contributed by atoms with Crippen molar-refractivity contribution in [3.05, 3.63) is 94.5 Å². The molecule has 3 aromatic rings. The van der Waals surface area contributed by atoms with E-state index in [-0.39, 0.29) is 36.2 Å². The summed E-state index contributed by atoms with van der Waals surface area (Å²) >= 11 is 5.88. The molecule has 0 N–H and O–H groups in total. The quantitative estimate of drug-likeness (QED) is 0.494. The lowest BCUT2D eigenvalue weighted by Gasteiger charge is -2.25. The van der Waals surface area contributed by atoms with Gasteiger partial charge in [-0.2, -0.15) is 0 Å². The Hall–Kier alpha value is -3.49. The number of benzene rings is 2. The Morgan fingerprint density at radius 1 is 1.14 bits per heavy atom. The molecule has 0 spiro atoms. The molecule has 0 radical (unpaired) electrons. The Labute approximate surface area is 208 Å². The van der Waals surface area contributed by atoms with Gasteiger partial charge in [-0.05, 0) is 47.5 Å². The first kappa shape index (κ1) is 24.6. The van der Waals surface area contributed by atoms with E-state index in [1.165, 1.54) is 17.0 Å². The molecule has 1 saturated heterocycles. The van der Waals surface area contributed by atoms with Gasteiger partial charge < -0.3 is 19.3 Å². The van der Waals surface area contributed by atoms with Crippen LogP contribution in [-0.4, -0.2) is 59.4 Å². The number of methoxy groups -OCH3 is 1. The SMILES string of the molecule is COc1ccc(CN2C[C@H](OCc3cccnc3)CN(C(=O)c3ccc(F)c(Cl)c3)CC2=O)cc1. The third kappa shape index (κ3) is 6.35. The molecule has 1 atom stereocenters. The molecule has 1 aliphatic heterocycles. The van der Waals surface area contributed by atoms with Crippen LogP contribution in [0.2, 0.25) is 5.02 Å². The second-order valence-corrected chi connectivity index (χ2v) is 8.64. The molecule has 2 heterocycles. The number of aromatic nitrogens is 1. The number of hydrogen-bond donors (Lipinski definition) is 0. The van der Waals surface area contributed by atoms with Gasteiger partial charge in [-0.3, -0.25) is 14.6 Å². The molecule has 2 amide bonds. The Balaban J connectivity index is 1.54. The minimum absolute atomic E-state index is 0.128. The number of ether oxygens (including phenoxy) is 2. The molecular formula is C26H25ClFN3O4. The fourth-order valence-corrected chi connectivity index (χ4v) is 4.03. The van der Waals surface area contributed by atoms with Gasteiger partial charge in [0.25, 0.3) is 5.91 Å². The molecule has 1 aromatic heterocycles. The van der Waals surface area contributed by atoms with Crippen LogP contribution in [0.1, 0.15) is 21.5 Å². The van der Waals surface area contributed by atoms with Crippen LogP contribution in [0.4, 0.5) is 4.39 Å². The van der Waals surface area contributed by atoms with Crippen molar-refractivity contribution in [1.29, 1.82) is 0 Å². The predicted molar refractivity (Wildman–Crippen MR) is 129 cm³/mol. The van der Waals surface area contributed by atoms with E-state index < -0.39 is 17.8 Å². The first-order valence-corrected chi connectivity index (χ1v) is 11.5. The smallest absolute Gasteiger partial charge is 0.254 e. The van der Waals surface area contributed by atoms with Crippen LogP contribution < -0.4 is 4.74 Å². The summed E-state index contributed by atoms with van der Waals surface area (Å²) in [6.45, 7) is 1.02. The van der Waals surface area contributed by atoms with E-state index in [9.17, 15) is 14.0 Å². The summed E-state index contributed by atoms with van der Waals surface area (Å²) in [7, 11) is 1.59. The maximum atomic E-state index is 13.6. The first-order chi connectivity index (χ1) is 16.9. The van der Waals surface area contributed by atoms with Crippen molar-refractivity contribution < 1.29 is 23.5 Å². The molecule has 1 fully saturated rings.